The Labute approximate surface area is 152 Å². The van der Waals surface area contributed by atoms with Gasteiger partial charge in [-0.25, -0.2) is 4.68 Å². The van der Waals surface area contributed by atoms with Crippen molar-refractivity contribution in [2.75, 3.05) is 6.54 Å². The van der Waals surface area contributed by atoms with E-state index in [2.05, 4.69) is 10.1 Å². The van der Waals surface area contributed by atoms with E-state index >= 15 is 0 Å². The van der Waals surface area contributed by atoms with Crippen LogP contribution in [0.5, 0.6) is 0 Å². The molecule has 3 aromatic rings. The molecule has 1 unspecified atom stereocenters. The van der Waals surface area contributed by atoms with E-state index in [-0.39, 0.29) is 11.9 Å². The monoisotopic (exact) mass is 344 g/mol. The lowest BCUT2D eigenvalue weighted by molar-refractivity contribution is -0.126. The van der Waals surface area contributed by atoms with Crippen LogP contribution < -0.4 is 0 Å². The summed E-state index contributed by atoms with van der Waals surface area (Å²) in [7, 11) is 0. The number of hydrogen-bond acceptors (Lipinski definition) is 3. The summed E-state index contributed by atoms with van der Waals surface area (Å²) in [5, 5.41) is 4.36. The van der Waals surface area contributed by atoms with Crippen LogP contribution in [0, 0.1) is 0 Å². The fraction of sp³-hybridized carbons (Fsp3) is 0.190. The third kappa shape index (κ3) is 3.42. The van der Waals surface area contributed by atoms with Crippen LogP contribution in [0.15, 0.2) is 73.3 Å². The highest BCUT2D eigenvalue weighted by Crippen LogP contribution is 2.31. The van der Waals surface area contributed by atoms with Crippen LogP contribution in [0.3, 0.4) is 0 Å². The lowest BCUT2D eigenvalue weighted by atomic mass is 10.1. The highest BCUT2D eigenvalue weighted by molar-refractivity contribution is 5.92. The van der Waals surface area contributed by atoms with Gasteiger partial charge in [0.25, 0.3) is 0 Å². The minimum atomic E-state index is 0.0313. The predicted octanol–water partition coefficient (Wildman–Crippen LogP) is 3.64. The quantitative estimate of drug-likeness (QED) is 0.679. The summed E-state index contributed by atoms with van der Waals surface area (Å²) in [6.45, 7) is 0.784. The number of pyridine rings is 1. The molecule has 3 heterocycles. The molecule has 2 aromatic heterocycles. The zero-order valence-electron chi connectivity index (χ0n) is 14.4. The van der Waals surface area contributed by atoms with E-state index in [9.17, 15) is 4.79 Å². The van der Waals surface area contributed by atoms with Crippen molar-refractivity contribution in [2.45, 2.75) is 18.9 Å². The van der Waals surface area contributed by atoms with E-state index in [1.54, 1.807) is 23.2 Å². The zero-order chi connectivity index (χ0) is 17.8. The Morgan fingerprint density at radius 1 is 1.12 bits per heavy atom. The first-order valence-corrected chi connectivity index (χ1v) is 8.80. The summed E-state index contributed by atoms with van der Waals surface area (Å²) in [6, 6.07) is 14.0. The van der Waals surface area contributed by atoms with Crippen LogP contribution in [0.1, 0.15) is 30.0 Å². The molecule has 1 aromatic carbocycles. The lowest BCUT2D eigenvalue weighted by Gasteiger charge is -2.23. The predicted molar refractivity (Wildman–Crippen MR) is 101 cm³/mol. The molecule has 26 heavy (non-hydrogen) atoms. The Morgan fingerprint density at radius 2 is 2.00 bits per heavy atom. The molecule has 1 aliphatic heterocycles. The van der Waals surface area contributed by atoms with Crippen molar-refractivity contribution in [3.05, 3.63) is 84.5 Å². The highest BCUT2D eigenvalue weighted by atomic mass is 16.2. The smallest absolute Gasteiger partial charge is 0.247 e. The van der Waals surface area contributed by atoms with Crippen LogP contribution >= 0.6 is 0 Å². The fourth-order valence-electron chi connectivity index (χ4n) is 3.36. The number of benzene rings is 1. The van der Waals surface area contributed by atoms with Crippen molar-refractivity contribution in [1.82, 2.24) is 19.7 Å². The lowest BCUT2D eigenvalue weighted by Crippen LogP contribution is -2.28. The summed E-state index contributed by atoms with van der Waals surface area (Å²) < 4.78 is 1.80. The second-order valence-electron chi connectivity index (χ2n) is 6.36. The average molecular weight is 344 g/mol. The van der Waals surface area contributed by atoms with Gasteiger partial charge in [-0.1, -0.05) is 24.3 Å². The number of rotatable bonds is 4. The molecule has 1 amide bonds. The van der Waals surface area contributed by atoms with Crippen molar-refractivity contribution in [3.63, 3.8) is 0 Å². The number of carbonyl (C=O) groups is 1. The molecule has 0 saturated carbocycles. The number of hydrogen-bond donors (Lipinski definition) is 0. The molecule has 0 N–H and O–H groups in total. The second kappa shape index (κ2) is 7.35. The number of aromatic nitrogens is 3. The van der Waals surface area contributed by atoms with Gasteiger partial charge in [-0.2, -0.15) is 5.10 Å². The number of likely N-dealkylation sites (tertiary alicyclic amines) is 1. The van der Waals surface area contributed by atoms with Gasteiger partial charge in [-0.3, -0.25) is 9.78 Å². The Balaban J connectivity index is 1.47. The topological polar surface area (TPSA) is 51.0 Å². The summed E-state index contributed by atoms with van der Waals surface area (Å²) in [5.41, 5.74) is 3.00. The minimum Gasteiger partial charge on any atom is -0.332 e. The van der Waals surface area contributed by atoms with Crippen LogP contribution in [0.2, 0.25) is 0 Å². The Kier molecular flexibility index (Phi) is 4.60. The van der Waals surface area contributed by atoms with E-state index in [0.717, 1.165) is 36.2 Å². The third-order valence-electron chi connectivity index (χ3n) is 4.65. The van der Waals surface area contributed by atoms with E-state index in [0.29, 0.717) is 0 Å². The first-order valence-electron chi connectivity index (χ1n) is 8.80. The van der Waals surface area contributed by atoms with Gasteiger partial charge < -0.3 is 4.90 Å². The number of carbonyl (C=O) groups excluding carboxylic acids is 1. The minimum absolute atomic E-state index is 0.0313. The molecule has 0 spiro atoms. The maximum absolute atomic E-state index is 12.7. The number of amides is 1. The maximum atomic E-state index is 12.7. The summed E-state index contributed by atoms with van der Waals surface area (Å²) in [6.07, 6.45) is 12.8. The summed E-state index contributed by atoms with van der Waals surface area (Å²) >= 11 is 0. The molecular formula is C21H20N4O. The first-order chi connectivity index (χ1) is 12.8. The molecule has 1 saturated heterocycles. The van der Waals surface area contributed by atoms with Gasteiger partial charge in [0, 0.05) is 36.8 Å². The Hall–Kier alpha value is -3.21. The van der Waals surface area contributed by atoms with Gasteiger partial charge in [0.2, 0.25) is 5.91 Å². The van der Waals surface area contributed by atoms with Crippen molar-refractivity contribution in [1.29, 1.82) is 0 Å². The molecule has 0 aliphatic carbocycles. The van der Waals surface area contributed by atoms with E-state index in [1.165, 1.54) is 0 Å². The van der Waals surface area contributed by atoms with Gasteiger partial charge in [0.15, 0.2) is 0 Å². The number of para-hydroxylation sites is 1. The Bertz CT molecular complexity index is 902. The van der Waals surface area contributed by atoms with Gasteiger partial charge in [0.05, 0.1) is 17.9 Å². The molecular weight excluding hydrogens is 324 g/mol. The molecule has 1 aliphatic rings. The summed E-state index contributed by atoms with van der Waals surface area (Å²) in [4.78, 5) is 18.8. The van der Waals surface area contributed by atoms with Crippen LogP contribution in [-0.4, -0.2) is 32.1 Å². The van der Waals surface area contributed by atoms with Crippen molar-refractivity contribution >= 4 is 12.0 Å². The molecule has 5 heteroatoms. The molecule has 0 bridgehead atoms. The molecule has 4 rings (SSSR count). The summed E-state index contributed by atoms with van der Waals surface area (Å²) in [5.74, 6) is 0.0313. The SMILES string of the molecule is O=C(/C=C/c1cnn(-c2ccccc2)c1)N1CCCC1c1cccnc1. The highest BCUT2D eigenvalue weighted by Gasteiger charge is 2.28. The van der Waals surface area contributed by atoms with Crippen LogP contribution in [0.4, 0.5) is 0 Å². The van der Waals surface area contributed by atoms with Gasteiger partial charge in [0.1, 0.15) is 0 Å². The fourth-order valence-corrected chi connectivity index (χ4v) is 3.36. The van der Waals surface area contributed by atoms with Gasteiger partial charge in [-0.05, 0) is 42.7 Å². The largest absolute Gasteiger partial charge is 0.332 e. The van der Waals surface area contributed by atoms with E-state index in [1.807, 2.05) is 65.8 Å². The second-order valence-corrected chi connectivity index (χ2v) is 6.36. The molecule has 5 nitrogen and oxygen atoms in total. The third-order valence-corrected chi connectivity index (χ3v) is 4.65. The van der Waals surface area contributed by atoms with E-state index in [4.69, 9.17) is 0 Å². The number of nitrogens with zero attached hydrogens (tertiary/aromatic N) is 4. The van der Waals surface area contributed by atoms with Crippen LogP contribution in [-0.2, 0) is 4.79 Å². The zero-order valence-corrected chi connectivity index (χ0v) is 14.4. The molecule has 0 radical (unpaired) electrons. The van der Waals surface area contributed by atoms with Gasteiger partial charge >= 0.3 is 0 Å². The normalized spacial score (nSPS) is 17.1. The molecule has 130 valence electrons. The molecule has 1 fully saturated rings. The maximum Gasteiger partial charge on any atom is 0.247 e. The van der Waals surface area contributed by atoms with Crippen molar-refractivity contribution < 1.29 is 4.79 Å². The van der Waals surface area contributed by atoms with Crippen LogP contribution in [0.25, 0.3) is 11.8 Å². The molecule has 1 atom stereocenters. The van der Waals surface area contributed by atoms with Crippen molar-refractivity contribution in [3.8, 4) is 5.69 Å². The first kappa shape index (κ1) is 16.3. The van der Waals surface area contributed by atoms with E-state index < -0.39 is 0 Å². The van der Waals surface area contributed by atoms with Gasteiger partial charge in [-0.15, -0.1) is 0 Å². The van der Waals surface area contributed by atoms with Crippen molar-refractivity contribution in [2.24, 2.45) is 0 Å². The standard InChI is InChI=1S/C21H20N4O/c26-21(24-13-5-9-20(24)18-6-4-12-22-15-18)11-10-17-14-23-25(16-17)19-7-2-1-3-8-19/h1-4,6-8,10-12,14-16,20H,5,9,13H2/b11-10+. The Morgan fingerprint density at radius 3 is 2.81 bits per heavy atom. The average Bonchev–Trinajstić information content (AvgIpc) is 3.37.